The van der Waals surface area contributed by atoms with Gasteiger partial charge in [0.05, 0.1) is 17.2 Å². The molecule has 1 amide bonds. The number of carboxylic acids is 1. The van der Waals surface area contributed by atoms with Crippen molar-refractivity contribution < 1.29 is 14.7 Å². The van der Waals surface area contributed by atoms with Crippen molar-refractivity contribution in [2.45, 2.75) is 39.3 Å². The maximum Gasteiger partial charge on any atom is 0.335 e. The van der Waals surface area contributed by atoms with Crippen molar-refractivity contribution in [2.24, 2.45) is 0 Å². The van der Waals surface area contributed by atoms with Crippen LogP contribution in [0.2, 0.25) is 0 Å². The van der Waals surface area contributed by atoms with Crippen LogP contribution in [0.5, 0.6) is 0 Å². The van der Waals surface area contributed by atoms with Crippen molar-refractivity contribution in [3.63, 3.8) is 0 Å². The monoisotopic (exact) mass is 393 g/mol. The number of piperidine rings is 1. The Balaban J connectivity index is 0.00000145. The van der Waals surface area contributed by atoms with Gasteiger partial charge in [0, 0.05) is 31.2 Å². The Morgan fingerprint density at radius 3 is 2.10 bits per heavy atom. The molecule has 1 fully saturated rings. The van der Waals surface area contributed by atoms with Crippen LogP contribution in [-0.4, -0.2) is 41.0 Å². The number of amides is 1. The van der Waals surface area contributed by atoms with Gasteiger partial charge in [0.25, 0.3) is 5.91 Å². The highest BCUT2D eigenvalue weighted by Crippen LogP contribution is 2.15. The van der Waals surface area contributed by atoms with Gasteiger partial charge in [0.2, 0.25) is 0 Å². The number of rotatable bonds is 5. The third-order valence-corrected chi connectivity index (χ3v) is 4.81. The first-order chi connectivity index (χ1) is 14.0. The van der Waals surface area contributed by atoms with E-state index in [-0.39, 0.29) is 17.5 Å². The van der Waals surface area contributed by atoms with Crippen molar-refractivity contribution in [2.75, 3.05) is 13.1 Å². The zero-order valence-corrected chi connectivity index (χ0v) is 16.9. The van der Waals surface area contributed by atoms with E-state index in [9.17, 15) is 9.59 Å². The normalized spacial score (nSPS) is 14.2. The summed E-state index contributed by atoms with van der Waals surface area (Å²) in [5, 5.41) is 20.8. The molecular formula is C23H27N3O3. The van der Waals surface area contributed by atoms with Crippen LogP contribution in [0.3, 0.4) is 0 Å². The van der Waals surface area contributed by atoms with E-state index >= 15 is 0 Å². The van der Waals surface area contributed by atoms with Crippen LogP contribution in [0, 0.1) is 11.3 Å². The van der Waals surface area contributed by atoms with Crippen LogP contribution < -0.4 is 5.32 Å². The Labute approximate surface area is 171 Å². The number of carbonyl (C=O) groups is 2. The average molecular weight is 393 g/mol. The van der Waals surface area contributed by atoms with Gasteiger partial charge in [-0.1, -0.05) is 26.0 Å². The highest BCUT2D eigenvalue weighted by Gasteiger charge is 2.21. The van der Waals surface area contributed by atoms with E-state index in [4.69, 9.17) is 10.4 Å². The summed E-state index contributed by atoms with van der Waals surface area (Å²) in [4.78, 5) is 25.5. The Kier molecular flexibility index (Phi) is 8.38. The quantitative estimate of drug-likeness (QED) is 0.808. The fourth-order valence-electron chi connectivity index (χ4n) is 3.21. The fraction of sp³-hybridized carbons (Fsp3) is 0.348. The number of nitrogens with one attached hydrogen (secondary N) is 1. The number of nitrogens with zero attached hydrogens (tertiary/aromatic N) is 2. The van der Waals surface area contributed by atoms with Crippen LogP contribution in [0.25, 0.3) is 0 Å². The lowest BCUT2D eigenvalue weighted by Crippen LogP contribution is -2.44. The van der Waals surface area contributed by atoms with Gasteiger partial charge in [0.1, 0.15) is 0 Å². The smallest absolute Gasteiger partial charge is 0.335 e. The molecule has 0 saturated carbocycles. The molecule has 29 heavy (non-hydrogen) atoms. The number of aromatic carboxylic acids is 1. The molecule has 2 aromatic carbocycles. The van der Waals surface area contributed by atoms with Gasteiger partial charge >= 0.3 is 5.97 Å². The number of benzene rings is 2. The van der Waals surface area contributed by atoms with Crippen molar-refractivity contribution >= 4 is 11.9 Å². The summed E-state index contributed by atoms with van der Waals surface area (Å²) in [6.07, 6.45) is 1.74. The summed E-state index contributed by atoms with van der Waals surface area (Å²) in [5.74, 6) is -1.17. The first-order valence-corrected chi connectivity index (χ1v) is 9.91. The summed E-state index contributed by atoms with van der Waals surface area (Å²) >= 11 is 0. The summed E-state index contributed by atoms with van der Waals surface area (Å²) in [7, 11) is 0. The molecule has 1 heterocycles. The minimum absolute atomic E-state index is 0.119. The van der Waals surface area contributed by atoms with Crippen molar-refractivity contribution in [3.8, 4) is 6.07 Å². The van der Waals surface area contributed by atoms with E-state index in [1.807, 2.05) is 38.1 Å². The third kappa shape index (κ3) is 6.44. The molecule has 1 saturated heterocycles. The molecule has 152 valence electrons. The first-order valence-electron chi connectivity index (χ1n) is 9.91. The summed E-state index contributed by atoms with van der Waals surface area (Å²) in [5.41, 5.74) is 2.48. The standard InChI is InChI=1S/C21H21N3O3.C2H6/c22-13-15-1-3-16(4-2-15)14-24-11-9-19(10-12-24)23-20(25)17-5-7-18(8-6-17)21(26)27;1-2/h1-8,19H,9-12,14H2,(H,23,25)(H,26,27);1-2H3. The predicted octanol–water partition coefficient (Wildman–Crippen LogP) is 3.68. The molecule has 0 aliphatic carbocycles. The van der Waals surface area contributed by atoms with E-state index < -0.39 is 5.97 Å². The van der Waals surface area contributed by atoms with E-state index in [1.54, 1.807) is 12.1 Å². The lowest BCUT2D eigenvalue weighted by atomic mass is 10.0. The molecule has 0 atom stereocenters. The molecule has 0 aromatic heterocycles. The van der Waals surface area contributed by atoms with Crippen molar-refractivity contribution in [3.05, 3.63) is 70.8 Å². The van der Waals surface area contributed by atoms with Gasteiger partial charge in [0.15, 0.2) is 0 Å². The minimum Gasteiger partial charge on any atom is -0.478 e. The molecule has 2 aromatic rings. The van der Waals surface area contributed by atoms with Gasteiger partial charge in [-0.2, -0.15) is 5.26 Å². The van der Waals surface area contributed by atoms with Gasteiger partial charge in [-0.25, -0.2) is 4.79 Å². The second kappa shape index (κ2) is 11.0. The highest BCUT2D eigenvalue weighted by atomic mass is 16.4. The Bertz CT molecular complexity index is 846. The number of carboxylic acid groups (broad SMARTS) is 1. The molecule has 0 unspecified atom stereocenters. The molecule has 0 spiro atoms. The Hall–Kier alpha value is -3.17. The molecule has 0 radical (unpaired) electrons. The Morgan fingerprint density at radius 1 is 1.03 bits per heavy atom. The van der Waals surface area contributed by atoms with Crippen LogP contribution in [0.15, 0.2) is 48.5 Å². The predicted molar refractivity (Wildman–Crippen MR) is 112 cm³/mol. The van der Waals surface area contributed by atoms with Crippen molar-refractivity contribution in [1.29, 1.82) is 5.26 Å². The van der Waals surface area contributed by atoms with Crippen LogP contribution >= 0.6 is 0 Å². The molecule has 1 aliphatic heterocycles. The van der Waals surface area contributed by atoms with Gasteiger partial charge < -0.3 is 10.4 Å². The van der Waals surface area contributed by atoms with E-state index in [2.05, 4.69) is 16.3 Å². The van der Waals surface area contributed by atoms with Crippen molar-refractivity contribution in [1.82, 2.24) is 10.2 Å². The number of hydrogen-bond donors (Lipinski definition) is 2. The molecule has 1 aliphatic rings. The zero-order chi connectivity index (χ0) is 21.2. The van der Waals surface area contributed by atoms with Gasteiger partial charge in [-0.15, -0.1) is 0 Å². The van der Waals surface area contributed by atoms with Crippen LogP contribution in [-0.2, 0) is 6.54 Å². The number of nitriles is 1. The van der Waals surface area contributed by atoms with Gasteiger partial charge in [-0.3, -0.25) is 9.69 Å². The lowest BCUT2D eigenvalue weighted by molar-refractivity contribution is 0.0696. The van der Waals surface area contributed by atoms with Crippen LogP contribution in [0.4, 0.5) is 0 Å². The SMILES string of the molecule is CC.N#Cc1ccc(CN2CCC(NC(=O)c3ccc(C(=O)O)cc3)CC2)cc1. The summed E-state index contributed by atoms with van der Waals surface area (Å²) in [6.45, 7) is 6.62. The maximum absolute atomic E-state index is 12.3. The van der Waals surface area contributed by atoms with E-state index in [1.165, 1.54) is 17.7 Å². The Morgan fingerprint density at radius 2 is 1.59 bits per heavy atom. The maximum atomic E-state index is 12.3. The average Bonchev–Trinajstić information content (AvgIpc) is 2.77. The molecule has 0 bridgehead atoms. The second-order valence-corrected chi connectivity index (χ2v) is 6.72. The number of likely N-dealkylation sites (tertiary alicyclic amines) is 1. The highest BCUT2D eigenvalue weighted by molar-refractivity contribution is 5.96. The third-order valence-electron chi connectivity index (χ3n) is 4.81. The van der Waals surface area contributed by atoms with E-state index in [0.717, 1.165) is 32.5 Å². The minimum atomic E-state index is -1.00. The molecular weight excluding hydrogens is 366 g/mol. The first kappa shape index (κ1) is 22.1. The summed E-state index contributed by atoms with van der Waals surface area (Å²) in [6, 6.07) is 15.8. The lowest BCUT2D eigenvalue weighted by Gasteiger charge is -2.32. The fourth-order valence-corrected chi connectivity index (χ4v) is 3.21. The molecule has 3 rings (SSSR count). The second-order valence-electron chi connectivity index (χ2n) is 6.72. The summed E-state index contributed by atoms with van der Waals surface area (Å²) < 4.78 is 0. The van der Waals surface area contributed by atoms with Crippen LogP contribution in [0.1, 0.15) is 58.5 Å². The molecule has 6 nitrogen and oxygen atoms in total. The molecule has 2 N–H and O–H groups in total. The largest absolute Gasteiger partial charge is 0.478 e. The van der Waals surface area contributed by atoms with E-state index in [0.29, 0.717) is 11.1 Å². The van der Waals surface area contributed by atoms with Gasteiger partial charge in [-0.05, 0) is 54.8 Å². The molecule has 6 heteroatoms. The zero-order valence-electron chi connectivity index (χ0n) is 16.9. The number of hydrogen-bond acceptors (Lipinski definition) is 4. The topological polar surface area (TPSA) is 93.4 Å². The number of carbonyl (C=O) groups excluding carboxylic acids is 1.